The lowest BCUT2D eigenvalue weighted by molar-refractivity contribution is -0.146. The molecule has 0 saturated heterocycles. The maximum Gasteiger partial charge on any atom is 0.307 e. The van der Waals surface area contributed by atoms with Crippen LogP contribution in [0.1, 0.15) is 25.0 Å². The lowest BCUT2D eigenvalue weighted by atomic mass is 10.1. The van der Waals surface area contributed by atoms with Gasteiger partial charge >= 0.3 is 5.97 Å². The van der Waals surface area contributed by atoms with E-state index in [1.54, 1.807) is 31.2 Å². The number of para-hydroxylation sites is 1. The molecule has 21 heavy (non-hydrogen) atoms. The van der Waals surface area contributed by atoms with E-state index >= 15 is 0 Å². The minimum Gasteiger partial charge on any atom is -0.457 e. The van der Waals surface area contributed by atoms with Crippen LogP contribution >= 0.6 is 0 Å². The molecule has 0 fully saturated rings. The number of hydrogen-bond acceptors (Lipinski definition) is 4. The van der Waals surface area contributed by atoms with Gasteiger partial charge in [0.2, 0.25) is 6.10 Å². The largest absolute Gasteiger partial charge is 0.457 e. The zero-order valence-corrected chi connectivity index (χ0v) is 11.7. The monoisotopic (exact) mass is 281 g/mol. The van der Waals surface area contributed by atoms with Gasteiger partial charge in [0.05, 0.1) is 0 Å². The van der Waals surface area contributed by atoms with Crippen molar-refractivity contribution in [1.29, 1.82) is 5.26 Å². The molecular weight excluding hydrogens is 266 g/mol. The first kappa shape index (κ1) is 14.6. The molecule has 4 nitrogen and oxygen atoms in total. The van der Waals surface area contributed by atoms with Crippen molar-refractivity contribution in [3.63, 3.8) is 0 Å². The molecule has 2 rings (SSSR count). The van der Waals surface area contributed by atoms with Gasteiger partial charge in [0.15, 0.2) is 0 Å². The first-order valence-electron chi connectivity index (χ1n) is 6.65. The summed E-state index contributed by atoms with van der Waals surface area (Å²) in [6, 6.07) is 18.3. The van der Waals surface area contributed by atoms with Gasteiger partial charge in [-0.2, -0.15) is 5.26 Å². The number of hydrogen-bond donors (Lipinski definition) is 0. The molecule has 0 aliphatic carbocycles. The first-order valence-corrected chi connectivity index (χ1v) is 6.65. The lowest BCUT2D eigenvalue weighted by Crippen LogP contribution is -2.08. The first-order chi connectivity index (χ1) is 10.2. The molecule has 1 unspecified atom stereocenters. The number of carbonyl (C=O) groups excluding carboxylic acids is 1. The fraction of sp³-hybridized carbons (Fsp3) is 0.176. The molecule has 2 aromatic carbocycles. The number of nitriles is 1. The summed E-state index contributed by atoms with van der Waals surface area (Å²) in [4.78, 5) is 11.3. The number of carbonyl (C=O) groups is 1. The predicted octanol–water partition coefficient (Wildman–Crippen LogP) is 4.00. The van der Waals surface area contributed by atoms with Gasteiger partial charge in [0, 0.05) is 12.0 Å². The summed E-state index contributed by atoms with van der Waals surface area (Å²) in [5, 5.41) is 9.14. The van der Waals surface area contributed by atoms with E-state index in [0.29, 0.717) is 17.1 Å². The fourth-order valence-electron chi connectivity index (χ4n) is 1.75. The van der Waals surface area contributed by atoms with E-state index in [1.807, 2.05) is 36.4 Å². The molecule has 1 atom stereocenters. The van der Waals surface area contributed by atoms with Crippen molar-refractivity contribution in [1.82, 2.24) is 0 Å². The summed E-state index contributed by atoms with van der Waals surface area (Å²) < 4.78 is 10.8. The molecule has 106 valence electrons. The Morgan fingerprint density at radius 2 is 1.86 bits per heavy atom. The zero-order chi connectivity index (χ0) is 15.1. The summed E-state index contributed by atoms with van der Waals surface area (Å²) >= 11 is 0. The standard InChI is InChI=1S/C17H15NO3/c1-2-17(19)21-16(12-18)13-7-6-10-15(11-13)20-14-8-4-3-5-9-14/h3-11,16H,2H2,1H3. The Labute approximate surface area is 123 Å². The highest BCUT2D eigenvalue weighted by atomic mass is 16.5. The van der Waals surface area contributed by atoms with Gasteiger partial charge < -0.3 is 9.47 Å². The van der Waals surface area contributed by atoms with Gasteiger partial charge in [-0.05, 0) is 24.3 Å². The molecule has 0 heterocycles. The van der Waals surface area contributed by atoms with E-state index in [9.17, 15) is 4.79 Å². The van der Waals surface area contributed by atoms with Crippen molar-refractivity contribution in [3.8, 4) is 17.6 Å². The Hall–Kier alpha value is -2.80. The van der Waals surface area contributed by atoms with Crippen LogP contribution in [0, 0.1) is 11.3 Å². The quantitative estimate of drug-likeness (QED) is 0.777. The Morgan fingerprint density at radius 1 is 1.14 bits per heavy atom. The maximum atomic E-state index is 11.3. The van der Waals surface area contributed by atoms with Crippen LogP contribution in [-0.2, 0) is 9.53 Å². The number of esters is 1. The van der Waals surface area contributed by atoms with Crippen molar-refractivity contribution in [3.05, 3.63) is 60.2 Å². The highest BCUT2D eigenvalue weighted by Crippen LogP contribution is 2.26. The molecule has 0 spiro atoms. The SMILES string of the molecule is CCC(=O)OC(C#N)c1cccc(Oc2ccccc2)c1. The molecule has 4 heteroatoms. The number of rotatable bonds is 5. The van der Waals surface area contributed by atoms with E-state index in [0.717, 1.165) is 0 Å². The van der Waals surface area contributed by atoms with Crippen LogP contribution < -0.4 is 4.74 Å². The minimum atomic E-state index is -0.920. The van der Waals surface area contributed by atoms with Gasteiger partial charge in [-0.3, -0.25) is 4.79 Å². The van der Waals surface area contributed by atoms with Gasteiger partial charge in [-0.15, -0.1) is 0 Å². The third-order valence-electron chi connectivity index (χ3n) is 2.79. The Bertz CT molecular complexity index is 647. The van der Waals surface area contributed by atoms with Crippen LogP contribution in [0.2, 0.25) is 0 Å². The third kappa shape index (κ3) is 4.08. The molecule has 2 aromatic rings. The molecule has 0 radical (unpaired) electrons. The second-order valence-electron chi connectivity index (χ2n) is 4.34. The van der Waals surface area contributed by atoms with E-state index in [1.165, 1.54) is 0 Å². The molecule has 0 aliphatic rings. The topological polar surface area (TPSA) is 59.3 Å². The fourth-order valence-corrected chi connectivity index (χ4v) is 1.75. The van der Waals surface area contributed by atoms with E-state index in [-0.39, 0.29) is 6.42 Å². The average Bonchev–Trinajstić information content (AvgIpc) is 2.53. The van der Waals surface area contributed by atoms with Crippen LogP contribution in [0.3, 0.4) is 0 Å². The molecule has 0 aliphatic heterocycles. The van der Waals surface area contributed by atoms with Crippen LogP contribution in [0.25, 0.3) is 0 Å². The van der Waals surface area contributed by atoms with Crippen molar-refractivity contribution in [2.75, 3.05) is 0 Å². The van der Waals surface area contributed by atoms with Crippen LogP contribution in [-0.4, -0.2) is 5.97 Å². The molecule has 0 amide bonds. The van der Waals surface area contributed by atoms with Crippen LogP contribution in [0.4, 0.5) is 0 Å². The number of nitrogens with zero attached hydrogens (tertiary/aromatic N) is 1. The second kappa shape index (κ2) is 7.11. The predicted molar refractivity (Wildman–Crippen MR) is 77.7 cm³/mol. The Kier molecular flexibility index (Phi) is 4.94. The van der Waals surface area contributed by atoms with Gasteiger partial charge in [-0.25, -0.2) is 0 Å². The van der Waals surface area contributed by atoms with E-state index in [4.69, 9.17) is 14.7 Å². The molecule has 0 bridgehead atoms. The summed E-state index contributed by atoms with van der Waals surface area (Å²) in [6.07, 6.45) is -0.685. The van der Waals surface area contributed by atoms with Crippen molar-refractivity contribution >= 4 is 5.97 Å². The molecule has 0 N–H and O–H groups in total. The molecule has 0 aromatic heterocycles. The van der Waals surface area contributed by atoms with Gasteiger partial charge in [-0.1, -0.05) is 37.3 Å². The smallest absolute Gasteiger partial charge is 0.307 e. The zero-order valence-electron chi connectivity index (χ0n) is 11.7. The van der Waals surface area contributed by atoms with Crippen molar-refractivity contribution in [2.24, 2.45) is 0 Å². The molecule has 0 saturated carbocycles. The van der Waals surface area contributed by atoms with Gasteiger partial charge in [0.1, 0.15) is 17.6 Å². The summed E-state index contributed by atoms with van der Waals surface area (Å²) in [6.45, 7) is 1.69. The highest BCUT2D eigenvalue weighted by molar-refractivity contribution is 5.69. The Balaban J connectivity index is 2.17. The van der Waals surface area contributed by atoms with Crippen LogP contribution in [0.5, 0.6) is 11.5 Å². The summed E-state index contributed by atoms with van der Waals surface area (Å²) in [7, 11) is 0. The summed E-state index contributed by atoms with van der Waals surface area (Å²) in [5.41, 5.74) is 0.590. The Morgan fingerprint density at radius 3 is 2.52 bits per heavy atom. The van der Waals surface area contributed by atoms with Gasteiger partial charge in [0.25, 0.3) is 0 Å². The maximum absolute atomic E-state index is 11.3. The minimum absolute atomic E-state index is 0.235. The number of benzene rings is 2. The average molecular weight is 281 g/mol. The van der Waals surface area contributed by atoms with Crippen molar-refractivity contribution < 1.29 is 14.3 Å². The molecular formula is C17H15NO3. The van der Waals surface area contributed by atoms with E-state index < -0.39 is 12.1 Å². The highest BCUT2D eigenvalue weighted by Gasteiger charge is 2.15. The van der Waals surface area contributed by atoms with E-state index in [2.05, 4.69) is 0 Å². The van der Waals surface area contributed by atoms with Crippen LogP contribution in [0.15, 0.2) is 54.6 Å². The number of ether oxygens (including phenoxy) is 2. The second-order valence-corrected chi connectivity index (χ2v) is 4.34. The summed E-state index contributed by atoms with van der Waals surface area (Å²) in [5.74, 6) is 0.885. The van der Waals surface area contributed by atoms with Crippen molar-refractivity contribution in [2.45, 2.75) is 19.4 Å². The third-order valence-corrected chi connectivity index (χ3v) is 2.79. The normalized spacial score (nSPS) is 11.2. The lowest BCUT2D eigenvalue weighted by Gasteiger charge is -2.12.